The Morgan fingerprint density at radius 1 is 1.20 bits per heavy atom. The number of nitrogens with one attached hydrogen (secondary N) is 1. The molecule has 134 valence electrons. The molecular weight excluding hydrogens is 334 g/mol. The highest BCUT2D eigenvalue weighted by atomic mass is 35.5. The third kappa shape index (κ3) is 4.45. The second-order valence-electron chi connectivity index (χ2n) is 6.34. The van der Waals surface area contributed by atoms with Crippen molar-refractivity contribution in [2.24, 2.45) is 0 Å². The Balaban J connectivity index is 0.00000225. The Morgan fingerprint density at radius 2 is 1.96 bits per heavy atom. The quantitative estimate of drug-likeness (QED) is 0.806. The van der Waals surface area contributed by atoms with Crippen molar-refractivity contribution in [3.8, 4) is 0 Å². The molecule has 0 saturated carbocycles. The molecule has 3 N–H and O–H groups in total. The molecule has 1 amide bonds. The maximum Gasteiger partial charge on any atom is 0.242 e. The molecule has 0 saturated heterocycles. The maximum absolute atomic E-state index is 12.5. The second-order valence-corrected chi connectivity index (χ2v) is 6.34. The standard InChI is InChI=1S/C20H25N3O.ClH/c1-15(20(24)22-13-12-16-7-3-2-4-8-16)23-14-6-9-17-18(21)10-5-11-19(17)23;/h2-5,7-8,10-11,15H,6,9,12-14,21H2,1H3,(H,22,24);1H. The number of halogens is 1. The number of benzene rings is 2. The van der Waals surface area contributed by atoms with Crippen molar-refractivity contribution in [1.29, 1.82) is 0 Å². The number of carbonyl (C=O) groups excluding carboxylic acids is 1. The van der Waals surface area contributed by atoms with E-state index < -0.39 is 0 Å². The minimum Gasteiger partial charge on any atom is -0.398 e. The summed E-state index contributed by atoms with van der Waals surface area (Å²) in [7, 11) is 0. The summed E-state index contributed by atoms with van der Waals surface area (Å²) in [5.74, 6) is 0.0706. The highest BCUT2D eigenvalue weighted by Gasteiger charge is 2.26. The summed E-state index contributed by atoms with van der Waals surface area (Å²) in [6, 6.07) is 16.0. The van der Waals surface area contributed by atoms with Crippen LogP contribution in [0.4, 0.5) is 11.4 Å². The smallest absolute Gasteiger partial charge is 0.242 e. The van der Waals surface area contributed by atoms with E-state index in [2.05, 4.69) is 28.4 Å². The number of hydrogen-bond acceptors (Lipinski definition) is 3. The Hall–Kier alpha value is -2.20. The molecule has 2 aromatic rings. The van der Waals surface area contributed by atoms with Gasteiger partial charge in [-0.15, -0.1) is 12.4 Å². The molecule has 1 aliphatic rings. The predicted molar refractivity (Wildman–Crippen MR) is 106 cm³/mol. The fraction of sp³-hybridized carbons (Fsp3) is 0.350. The van der Waals surface area contributed by atoms with Crippen LogP contribution in [-0.2, 0) is 17.6 Å². The zero-order valence-corrected chi connectivity index (χ0v) is 15.4. The molecule has 3 rings (SSSR count). The first-order chi connectivity index (χ1) is 11.7. The SMILES string of the molecule is CC(C(=O)NCCc1ccccc1)N1CCCc2c(N)cccc21.Cl. The lowest BCUT2D eigenvalue weighted by molar-refractivity contribution is -0.122. The number of anilines is 2. The minimum atomic E-state index is -0.193. The largest absolute Gasteiger partial charge is 0.398 e. The monoisotopic (exact) mass is 359 g/mol. The fourth-order valence-electron chi connectivity index (χ4n) is 3.35. The summed E-state index contributed by atoms with van der Waals surface area (Å²) in [5, 5.41) is 3.06. The highest BCUT2D eigenvalue weighted by Crippen LogP contribution is 2.32. The molecular formula is C20H26ClN3O. The van der Waals surface area contributed by atoms with E-state index in [0.717, 1.165) is 37.2 Å². The Morgan fingerprint density at radius 3 is 2.72 bits per heavy atom. The summed E-state index contributed by atoms with van der Waals surface area (Å²) in [5.41, 5.74) is 10.4. The molecule has 0 aromatic heterocycles. The molecule has 0 bridgehead atoms. The topological polar surface area (TPSA) is 58.4 Å². The van der Waals surface area contributed by atoms with Crippen molar-refractivity contribution in [2.75, 3.05) is 23.7 Å². The van der Waals surface area contributed by atoms with Crippen LogP contribution in [0.15, 0.2) is 48.5 Å². The second kappa shape index (κ2) is 8.77. The third-order valence-corrected chi connectivity index (χ3v) is 4.73. The fourth-order valence-corrected chi connectivity index (χ4v) is 3.35. The average molecular weight is 360 g/mol. The molecule has 0 radical (unpaired) electrons. The summed E-state index contributed by atoms with van der Waals surface area (Å²) in [6.45, 7) is 3.52. The van der Waals surface area contributed by atoms with Gasteiger partial charge in [-0.1, -0.05) is 36.4 Å². The number of nitrogens with two attached hydrogens (primary N) is 1. The van der Waals surface area contributed by atoms with E-state index in [-0.39, 0.29) is 24.4 Å². The van der Waals surface area contributed by atoms with E-state index >= 15 is 0 Å². The number of rotatable bonds is 5. The zero-order chi connectivity index (χ0) is 16.9. The van der Waals surface area contributed by atoms with Crippen LogP contribution in [0.5, 0.6) is 0 Å². The number of nitrogen functional groups attached to an aromatic ring is 1. The first kappa shape index (κ1) is 19.1. The molecule has 0 aliphatic carbocycles. The molecule has 1 aliphatic heterocycles. The van der Waals surface area contributed by atoms with Gasteiger partial charge < -0.3 is 16.0 Å². The first-order valence-corrected chi connectivity index (χ1v) is 8.62. The van der Waals surface area contributed by atoms with Gasteiger partial charge in [0, 0.05) is 24.5 Å². The molecule has 1 heterocycles. The van der Waals surface area contributed by atoms with Crippen molar-refractivity contribution in [1.82, 2.24) is 5.32 Å². The zero-order valence-electron chi connectivity index (χ0n) is 14.6. The Bertz CT molecular complexity index is 705. The van der Waals surface area contributed by atoms with Crippen molar-refractivity contribution in [3.05, 3.63) is 59.7 Å². The van der Waals surface area contributed by atoms with Crippen LogP contribution in [-0.4, -0.2) is 25.0 Å². The molecule has 25 heavy (non-hydrogen) atoms. The van der Waals surface area contributed by atoms with Gasteiger partial charge in [0.1, 0.15) is 6.04 Å². The van der Waals surface area contributed by atoms with Gasteiger partial charge in [0.25, 0.3) is 0 Å². The van der Waals surface area contributed by atoms with Crippen LogP contribution < -0.4 is 16.0 Å². The van der Waals surface area contributed by atoms with Gasteiger partial charge in [-0.3, -0.25) is 4.79 Å². The number of carbonyl (C=O) groups is 1. The van der Waals surface area contributed by atoms with Crippen molar-refractivity contribution in [2.45, 2.75) is 32.2 Å². The normalized spacial score (nSPS) is 14.2. The van der Waals surface area contributed by atoms with Crippen LogP contribution in [0.3, 0.4) is 0 Å². The van der Waals surface area contributed by atoms with E-state index in [4.69, 9.17) is 5.73 Å². The van der Waals surface area contributed by atoms with Gasteiger partial charge in [0.2, 0.25) is 5.91 Å². The van der Waals surface area contributed by atoms with E-state index in [0.29, 0.717) is 6.54 Å². The van der Waals surface area contributed by atoms with Crippen LogP contribution >= 0.6 is 12.4 Å². The molecule has 5 heteroatoms. The molecule has 4 nitrogen and oxygen atoms in total. The lowest BCUT2D eigenvalue weighted by Crippen LogP contribution is -2.47. The number of fused-ring (bicyclic) bond motifs is 1. The number of hydrogen-bond donors (Lipinski definition) is 2. The highest BCUT2D eigenvalue weighted by molar-refractivity contribution is 5.86. The van der Waals surface area contributed by atoms with Gasteiger partial charge in [0.15, 0.2) is 0 Å². The van der Waals surface area contributed by atoms with E-state index in [1.807, 2.05) is 37.3 Å². The van der Waals surface area contributed by atoms with E-state index in [1.165, 1.54) is 11.1 Å². The van der Waals surface area contributed by atoms with Gasteiger partial charge in [-0.25, -0.2) is 0 Å². The van der Waals surface area contributed by atoms with E-state index in [1.54, 1.807) is 0 Å². The van der Waals surface area contributed by atoms with Gasteiger partial charge in [-0.05, 0) is 49.4 Å². The molecule has 1 unspecified atom stereocenters. The maximum atomic E-state index is 12.5. The van der Waals surface area contributed by atoms with Crippen molar-refractivity contribution < 1.29 is 4.79 Å². The molecule has 0 spiro atoms. The first-order valence-electron chi connectivity index (χ1n) is 8.62. The van der Waals surface area contributed by atoms with Crippen molar-refractivity contribution in [3.63, 3.8) is 0 Å². The summed E-state index contributed by atoms with van der Waals surface area (Å²) in [6.07, 6.45) is 2.87. The number of nitrogens with zero attached hydrogens (tertiary/aromatic N) is 1. The summed E-state index contributed by atoms with van der Waals surface area (Å²) >= 11 is 0. The van der Waals surface area contributed by atoms with Gasteiger partial charge >= 0.3 is 0 Å². The Labute approximate surface area is 155 Å². The molecule has 0 fully saturated rings. The Kier molecular flexibility index (Phi) is 6.71. The summed E-state index contributed by atoms with van der Waals surface area (Å²) in [4.78, 5) is 14.7. The molecule has 2 aromatic carbocycles. The van der Waals surface area contributed by atoms with Crippen molar-refractivity contribution >= 4 is 29.7 Å². The van der Waals surface area contributed by atoms with Crippen LogP contribution in [0.2, 0.25) is 0 Å². The van der Waals surface area contributed by atoms with Crippen LogP contribution in [0.25, 0.3) is 0 Å². The van der Waals surface area contributed by atoms with Gasteiger partial charge in [0.05, 0.1) is 0 Å². The van der Waals surface area contributed by atoms with E-state index in [9.17, 15) is 4.79 Å². The predicted octanol–water partition coefficient (Wildman–Crippen LogP) is 3.19. The minimum absolute atomic E-state index is 0. The molecule has 1 atom stereocenters. The van der Waals surface area contributed by atoms with Gasteiger partial charge in [-0.2, -0.15) is 0 Å². The van der Waals surface area contributed by atoms with Crippen LogP contribution in [0, 0.1) is 0 Å². The lowest BCUT2D eigenvalue weighted by Gasteiger charge is -2.36. The average Bonchev–Trinajstić information content (AvgIpc) is 2.62. The third-order valence-electron chi connectivity index (χ3n) is 4.73. The number of amides is 1. The van der Waals surface area contributed by atoms with Crippen LogP contribution in [0.1, 0.15) is 24.5 Å². The lowest BCUT2D eigenvalue weighted by atomic mass is 9.98. The summed E-state index contributed by atoms with van der Waals surface area (Å²) < 4.78 is 0.